The van der Waals surface area contributed by atoms with E-state index in [0.717, 1.165) is 10.8 Å². The van der Waals surface area contributed by atoms with Crippen LogP contribution in [0.25, 0.3) is 97.0 Å². The first-order valence-corrected chi connectivity index (χ1v) is 17.6. The van der Waals surface area contributed by atoms with Gasteiger partial charge in [-0.2, -0.15) is 0 Å². The highest BCUT2D eigenvalue weighted by molar-refractivity contribution is 7.25. The molecule has 0 atom stereocenters. The molecule has 0 bridgehead atoms. The number of hydrogen-bond donors (Lipinski definition) is 0. The van der Waals surface area contributed by atoms with Crippen molar-refractivity contribution in [3.05, 3.63) is 182 Å². The van der Waals surface area contributed by atoms with Crippen molar-refractivity contribution in [2.75, 3.05) is 0 Å². The van der Waals surface area contributed by atoms with E-state index in [4.69, 9.17) is 1.37 Å². The van der Waals surface area contributed by atoms with Crippen LogP contribution < -0.4 is 0 Å². The van der Waals surface area contributed by atoms with Gasteiger partial charge in [0.05, 0.1) is 1.37 Å². The van der Waals surface area contributed by atoms with Gasteiger partial charge in [-0.3, -0.25) is 0 Å². The van der Waals surface area contributed by atoms with Gasteiger partial charge in [0, 0.05) is 20.2 Å². The van der Waals surface area contributed by atoms with Gasteiger partial charge >= 0.3 is 0 Å². The van der Waals surface area contributed by atoms with Crippen LogP contribution >= 0.6 is 11.3 Å². The molecule has 0 unspecified atom stereocenters. The average molecular weight is 640 g/mol. The third kappa shape index (κ3) is 4.58. The minimum atomic E-state index is 0.539. The molecule has 0 radical (unpaired) electrons. The second kappa shape index (κ2) is 11.3. The Hall–Kier alpha value is -6.02. The van der Waals surface area contributed by atoms with Crippen molar-refractivity contribution in [1.82, 2.24) is 0 Å². The summed E-state index contributed by atoms with van der Waals surface area (Å²) in [5.74, 6) is 0. The smallest absolute Gasteiger partial charge is 0.0623 e. The van der Waals surface area contributed by atoms with E-state index in [1.165, 1.54) is 86.2 Å². The van der Waals surface area contributed by atoms with Gasteiger partial charge in [-0.15, -0.1) is 11.3 Å². The summed E-state index contributed by atoms with van der Waals surface area (Å²) < 4.78 is 10.6. The molecule has 49 heavy (non-hydrogen) atoms. The lowest BCUT2D eigenvalue weighted by Gasteiger charge is -2.18. The van der Waals surface area contributed by atoms with Gasteiger partial charge in [-0.25, -0.2) is 0 Å². The molecule has 9 aromatic carbocycles. The predicted octanol–water partition coefficient (Wildman–Crippen LogP) is 14.2. The molecule has 228 valence electrons. The summed E-state index contributed by atoms with van der Waals surface area (Å²) >= 11 is 1.87. The van der Waals surface area contributed by atoms with Crippen molar-refractivity contribution >= 4 is 63.8 Å². The van der Waals surface area contributed by atoms with E-state index in [1.807, 2.05) is 29.5 Å². The van der Waals surface area contributed by atoms with E-state index in [1.54, 1.807) is 0 Å². The van der Waals surface area contributed by atoms with Crippen molar-refractivity contribution in [2.45, 2.75) is 0 Å². The van der Waals surface area contributed by atoms with Crippen molar-refractivity contribution < 1.29 is 1.37 Å². The number of rotatable bonds is 4. The van der Waals surface area contributed by atoms with Gasteiger partial charge in [0.2, 0.25) is 0 Å². The summed E-state index contributed by atoms with van der Waals surface area (Å²) in [4.78, 5) is 0. The molecule has 0 amide bonds. The van der Waals surface area contributed by atoms with Crippen LogP contribution in [0.15, 0.2) is 182 Å². The van der Waals surface area contributed by atoms with Gasteiger partial charge in [0.15, 0.2) is 0 Å². The number of hydrogen-bond acceptors (Lipinski definition) is 1. The maximum atomic E-state index is 7.97. The van der Waals surface area contributed by atoms with Gasteiger partial charge in [0.25, 0.3) is 0 Å². The second-order valence-electron chi connectivity index (χ2n) is 12.8. The van der Waals surface area contributed by atoms with Gasteiger partial charge in [0.1, 0.15) is 0 Å². The van der Waals surface area contributed by atoms with Crippen LogP contribution in [0.4, 0.5) is 0 Å². The molecule has 0 saturated heterocycles. The summed E-state index contributed by atoms with van der Waals surface area (Å²) in [6.45, 7) is 0. The lowest BCUT2D eigenvalue weighted by Crippen LogP contribution is -1.91. The molecular formula is C48H30S. The summed E-state index contributed by atoms with van der Waals surface area (Å²) in [5.41, 5.74) is 9.84. The average Bonchev–Trinajstić information content (AvgIpc) is 3.56. The zero-order chi connectivity index (χ0) is 33.2. The topological polar surface area (TPSA) is 0 Å². The van der Waals surface area contributed by atoms with Crippen LogP contribution in [0.3, 0.4) is 0 Å². The van der Waals surface area contributed by atoms with E-state index in [-0.39, 0.29) is 0 Å². The molecule has 1 aromatic heterocycles. The Morgan fingerprint density at radius 2 is 0.939 bits per heavy atom. The zero-order valence-corrected chi connectivity index (χ0v) is 27.5. The van der Waals surface area contributed by atoms with E-state index >= 15 is 0 Å². The molecule has 10 aromatic rings. The quantitative estimate of drug-likeness (QED) is 0.168. The Kier molecular flexibility index (Phi) is 6.22. The Balaban J connectivity index is 1.14. The van der Waals surface area contributed by atoms with Crippen molar-refractivity contribution in [3.8, 4) is 44.5 Å². The number of benzene rings is 9. The summed E-state index contributed by atoms with van der Waals surface area (Å²) in [7, 11) is 0. The highest BCUT2D eigenvalue weighted by Gasteiger charge is 2.18. The minimum Gasteiger partial charge on any atom is -0.135 e. The van der Waals surface area contributed by atoms with Crippen LogP contribution in [0, 0.1) is 0 Å². The number of thiophene rings is 1. The molecular weight excluding hydrogens is 609 g/mol. The molecule has 1 heterocycles. The lowest BCUT2D eigenvalue weighted by molar-refractivity contribution is 1.62. The maximum Gasteiger partial charge on any atom is 0.0623 e. The summed E-state index contributed by atoms with van der Waals surface area (Å²) in [5, 5.41) is 9.92. The van der Waals surface area contributed by atoms with E-state index < -0.39 is 0 Å². The monoisotopic (exact) mass is 639 g/mol. The Morgan fingerprint density at radius 1 is 0.347 bits per heavy atom. The zero-order valence-electron chi connectivity index (χ0n) is 27.7. The third-order valence-corrected chi connectivity index (χ3v) is 11.1. The van der Waals surface area contributed by atoms with E-state index in [9.17, 15) is 0 Å². The van der Waals surface area contributed by atoms with Gasteiger partial charge < -0.3 is 0 Å². The van der Waals surface area contributed by atoms with E-state index in [2.05, 4.69) is 158 Å². The van der Waals surface area contributed by atoms with Crippen molar-refractivity contribution in [1.29, 1.82) is 0 Å². The molecule has 0 aliphatic rings. The fourth-order valence-corrected chi connectivity index (χ4v) is 8.88. The molecule has 0 aliphatic carbocycles. The van der Waals surface area contributed by atoms with Gasteiger partial charge in [-0.05, 0) is 101 Å². The maximum absolute atomic E-state index is 7.97. The minimum absolute atomic E-state index is 0.539. The normalized spacial score (nSPS) is 12.0. The first-order chi connectivity index (χ1) is 24.7. The predicted molar refractivity (Wildman–Crippen MR) is 214 cm³/mol. The molecule has 0 nitrogen and oxygen atoms in total. The Bertz CT molecular complexity index is 2870. The van der Waals surface area contributed by atoms with Crippen molar-refractivity contribution in [3.63, 3.8) is 0 Å². The molecule has 10 rings (SSSR count). The summed E-state index contributed by atoms with van der Waals surface area (Å²) in [6, 6.07) is 64.3. The standard InChI is InChI=1S/C48H30S/c1-2-12-34-29-35(28-25-31(34)11-1)32-23-26-33(27-24-32)46-39-15-3-5-17-41(39)47(42-18-6-4-16-40(42)46)37-14-9-13-36(30-37)38-20-10-22-45-48(38)43-19-7-8-21-44(43)49-45/h1-30H/i1D. The molecule has 0 saturated carbocycles. The van der Waals surface area contributed by atoms with Crippen LogP contribution in [0.1, 0.15) is 1.37 Å². The molecule has 0 fully saturated rings. The second-order valence-corrected chi connectivity index (χ2v) is 13.8. The summed E-state index contributed by atoms with van der Waals surface area (Å²) in [6.07, 6.45) is 0. The molecule has 0 N–H and O–H groups in total. The largest absolute Gasteiger partial charge is 0.135 e. The van der Waals surface area contributed by atoms with Crippen LogP contribution in [0.5, 0.6) is 0 Å². The Morgan fingerprint density at radius 3 is 1.69 bits per heavy atom. The van der Waals surface area contributed by atoms with Crippen LogP contribution in [-0.2, 0) is 0 Å². The fraction of sp³-hybridized carbons (Fsp3) is 0. The fourth-order valence-electron chi connectivity index (χ4n) is 7.74. The van der Waals surface area contributed by atoms with Gasteiger partial charge in [-0.1, -0.05) is 158 Å². The highest BCUT2D eigenvalue weighted by atomic mass is 32.1. The Labute approximate surface area is 290 Å². The SMILES string of the molecule is [2H]c1ccc2cc(-c3ccc(-c4c5ccccc5c(-c5cccc(-c6cccc7sc8ccccc8c67)c5)c5ccccc45)cc3)ccc2c1. The lowest BCUT2D eigenvalue weighted by atomic mass is 9.85. The molecule has 0 aliphatic heterocycles. The highest BCUT2D eigenvalue weighted by Crippen LogP contribution is 2.46. The molecule has 0 spiro atoms. The van der Waals surface area contributed by atoms with Crippen LogP contribution in [0.2, 0.25) is 0 Å². The van der Waals surface area contributed by atoms with E-state index in [0.29, 0.717) is 6.04 Å². The first-order valence-electron chi connectivity index (χ1n) is 17.3. The van der Waals surface area contributed by atoms with Crippen LogP contribution in [-0.4, -0.2) is 0 Å². The molecule has 1 heteroatoms. The number of fused-ring (bicyclic) bond motifs is 6. The first kappa shape index (κ1) is 27.0. The third-order valence-electron chi connectivity index (χ3n) is 9.99. The van der Waals surface area contributed by atoms with Crippen molar-refractivity contribution in [2.24, 2.45) is 0 Å².